The number of nitrogens with zero attached hydrogens (tertiary/aromatic N) is 2. The number of aromatic carboxylic acids is 1. The van der Waals surface area contributed by atoms with Gasteiger partial charge in [0.15, 0.2) is 5.82 Å². The predicted octanol–water partition coefficient (Wildman–Crippen LogP) is 0.0390. The molecule has 0 spiro atoms. The van der Waals surface area contributed by atoms with Crippen LogP contribution >= 0.6 is 0 Å². The molecule has 2 N–H and O–H groups in total. The molecular formula is C10H15N3O5S. The number of ether oxygens (including phenoxy) is 1. The van der Waals surface area contributed by atoms with Crippen LogP contribution in [0.3, 0.4) is 0 Å². The fourth-order valence-corrected chi connectivity index (χ4v) is 3.41. The highest BCUT2D eigenvalue weighted by molar-refractivity contribution is 7.93. The summed E-state index contributed by atoms with van der Waals surface area (Å²) in [5.74, 6) is -1.25. The van der Waals surface area contributed by atoms with Crippen molar-refractivity contribution in [3.63, 3.8) is 0 Å². The lowest BCUT2D eigenvalue weighted by Crippen LogP contribution is -2.34. The summed E-state index contributed by atoms with van der Waals surface area (Å²) in [6, 6.07) is 0. The number of nitrogens with one attached hydrogen (secondary N) is 1. The summed E-state index contributed by atoms with van der Waals surface area (Å²) in [5, 5.41) is 12.2. The maximum Gasteiger partial charge on any atom is 0.341 e. The summed E-state index contributed by atoms with van der Waals surface area (Å²) in [5.41, 5.74) is -0.168. The van der Waals surface area contributed by atoms with E-state index < -0.39 is 21.2 Å². The Bertz CT molecular complexity index is 574. The van der Waals surface area contributed by atoms with Gasteiger partial charge in [0.1, 0.15) is 5.56 Å². The molecule has 1 fully saturated rings. The molecule has 2 heterocycles. The monoisotopic (exact) mass is 289 g/mol. The molecule has 8 nitrogen and oxygen atoms in total. The Hall–Kier alpha value is -1.61. The van der Waals surface area contributed by atoms with E-state index in [9.17, 15) is 13.2 Å². The Labute approximate surface area is 110 Å². The Morgan fingerprint density at radius 2 is 2.16 bits per heavy atom. The van der Waals surface area contributed by atoms with Crippen LogP contribution in [-0.4, -0.2) is 47.7 Å². The summed E-state index contributed by atoms with van der Waals surface area (Å²) < 4.78 is 33.0. The predicted molar refractivity (Wildman–Crippen MR) is 66.6 cm³/mol. The van der Waals surface area contributed by atoms with E-state index in [4.69, 9.17) is 9.84 Å². The third-order valence-corrected chi connectivity index (χ3v) is 4.84. The van der Waals surface area contributed by atoms with Crippen LogP contribution in [0, 0.1) is 0 Å². The standard InChI is InChI=1S/C10H15N3O5S/c1-13-9(8(6-11-13)10(14)15)12-19(16,17)7-2-4-18-5-3-7/h6-7,12H,2-5H2,1H3,(H,14,15). The summed E-state index contributed by atoms with van der Waals surface area (Å²) in [4.78, 5) is 11.0. The number of aryl methyl sites for hydroxylation is 1. The molecule has 0 saturated carbocycles. The van der Waals surface area contributed by atoms with E-state index in [-0.39, 0.29) is 11.4 Å². The molecule has 1 aliphatic heterocycles. The first-order valence-electron chi connectivity index (χ1n) is 5.76. The highest BCUT2D eigenvalue weighted by atomic mass is 32.2. The summed E-state index contributed by atoms with van der Waals surface area (Å²) in [6.45, 7) is 0.783. The van der Waals surface area contributed by atoms with Crippen molar-refractivity contribution in [3.8, 4) is 0 Å². The third-order valence-electron chi connectivity index (χ3n) is 3.02. The molecule has 0 aliphatic carbocycles. The normalized spacial score (nSPS) is 17.3. The number of aromatic nitrogens is 2. The summed E-state index contributed by atoms with van der Waals surface area (Å²) >= 11 is 0. The molecule has 0 radical (unpaired) electrons. The quantitative estimate of drug-likeness (QED) is 0.809. The van der Waals surface area contributed by atoms with Crippen LogP contribution < -0.4 is 4.72 Å². The Balaban J connectivity index is 2.24. The zero-order valence-electron chi connectivity index (χ0n) is 10.4. The van der Waals surface area contributed by atoms with E-state index in [0.29, 0.717) is 26.1 Å². The van der Waals surface area contributed by atoms with Gasteiger partial charge in [-0.2, -0.15) is 5.10 Å². The van der Waals surface area contributed by atoms with Crippen molar-refractivity contribution in [2.24, 2.45) is 7.05 Å². The minimum Gasteiger partial charge on any atom is -0.477 e. The first kappa shape index (κ1) is 13.8. The van der Waals surface area contributed by atoms with Gasteiger partial charge in [0.25, 0.3) is 0 Å². The van der Waals surface area contributed by atoms with Gasteiger partial charge in [0, 0.05) is 20.3 Å². The Morgan fingerprint density at radius 1 is 1.53 bits per heavy atom. The molecule has 9 heteroatoms. The van der Waals surface area contributed by atoms with Crippen molar-refractivity contribution < 1.29 is 23.1 Å². The minimum absolute atomic E-state index is 0.0287. The minimum atomic E-state index is -3.64. The molecule has 106 valence electrons. The van der Waals surface area contributed by atoms with E-state index in [0.717, 1.165) is 6.20 Å². The highest BCUT2D eigenvalue weighted by Crippen LogP contribution is 2.21. The topological polar surface area (TPSA) is 111 Å². The number of carboxylic acids is 1. The smallest absolute Gasteiger partial charge is 0.341 e. The van der Waals surface area contributed by atoms with E-state index in [1.54, 1.807) is 0 Å². The molecule has 0 atom stereocenters. The average molecular weight is 289 g/mol. The maximum atomic E-state index is 12.2. The number of sulfonamides is 1. The number of rotatable bonds is 4. The first-order chi connectivity index (χ1) is 8.92. The zero-order valence-corrected chi connectivity index (χ0v) is 11.2. The second-order valence-corrected chi connectivity index (χ2v) is 6.26. The molecule has 0 unspecified atom stereocenters. The molecular weight excluding hydrogens is 274 g/mol. The van der Waals surface area contributed by atoms with Crippen molar-refractivity contribution in [2.45, 2.75) is 18.1 Å². The van der Waals surface area contributed by atoms with Crippen LogP contribution in [-0.2, 0) is 21.8 Å². The lowest BCUT2D eigenvalue weighted by Gasteiger charge is -2.22. The van der Waals surface area contributed by atoms with Gasteiger partial charge < -0.3 is 9.84 Å². The molecule has 1 aromatic rings. The van der Waals surface area contributed by atoms with E-state index in [1.807, 2.05) is 0 Å². The molecule has 0 bridgehead atoms. The molecule has 1 saturated heterocycles. The fourth-order valence-electron chi connectivity index (χ4n) is 1.92. The number of carbonyl (C=O) groups is 1. The van der Waals surface area contributed by atoms with E-state index in [2.05, 4.69) is 9.82 Å². The van der Waals surface area contributed by atoms with Gasteiger partial charge in [-0.3, -0.25) is 9.40 Å². The van der Waals surface area contributed by atoms with E-state index >= 15 is 0 Å². The molecule has 1 aliphatic rings. The third kappa shape index (κ3) is 2.87. The van der Waals surface area contributed by atoms with Crippen molar-refractivity contribution in [1.82, 2.24) is 9.78 Å². The number of hydrogen-bond acceptors (Lipinski definition) is 5. The lowest BCUT2D eigenvalue weighted by atomic mass is 10.2. The van der Waals surface area contributed by atoms with Gasteiger partial charge in [-0.25, -0.2) is 13.2 Å². The van der Waals surface area contributed by atoms with E-state index in [1.165, 1.54) is 11.7 Å². The Morgan fingerprint density at radius 3 is 2.74 bits per heavy atom. The van der Waals surface area contributed by atoms with Crippen molar-refractivity contribution in [3.05, 3.63) is 11.8 Å². The van der Waals surface area contributed by atoms with Gasteiger partial charge in [-0.05, 0) is 12.8 Å². The van der Waals surface area contributed by atoms with Gasteiger partial charge in [-0.15, -0.1) is 0 Å². The van der Waals surface area contributed by atoms with Crippen LogP contribution in [0.5, 0.6) is 0 Å². The van der Waals surface area contributed by atoms with Crippen LogP contribution in [0.4, 0.5) is 5.82 Å². The maximum absolute atomic E-state index is 12.2. The van der Waals surface area contributed by atoms with Crippen LogP contribution in [0.15, 0.2) is 6.20 Å². The van der Waals surface area contributed by atoms with Crippen molar-refractivity contribution in [2.75, 3.05) is 17.9 Å². The average Bonchev–Trinajstić information content (AvgIpc) is 2.72. The summed E-state index contributed by atoms with van der Waals surface area (Å²) in [6.07, 6.45) is 1.91. The highest BCUT2D eigenvalue weighted by Gasteiger charge is 2.30. The SMILES string of the molecule is Cn1ncc(C(=O)O)c1NS(=O)(=O)C1CCOCC1. The van der Waals surface area contributed by atoms with Gasteiger partial charge in [-0.1, -0.05) is 0 Å². The molecule has 19 heavy (non-hydrogen) atoms. The lowest BCUT2D eigenvalue weighted by molar-refractivity contribution is 0.0698. The van der Waals surface area contributed by atoms with Crippen LogP contribution in [0.25, 0.3) is 0 Å². The number of anilines is 1. The van der Waals surface area contributed by atoms with Gasteiger partial charge in [0.2, 0.25) is 10.0 Å². The largest absolute Gasteiger partial charge is 0.477 e. The molecule has 0 aromatic carbocycles. The van der Waals surface area contributed by atoms with Gasteiger partial charge >= 0.3 is 5.97 Å². The molecule has 2 rings (SSSR count). The van der Waals surface area contributed by atoms with Gasteiger partial charge in [0.05, 0.1) is 11.4 Å². The number of hydrogen-bond donors (Lipinski definition) is 2. The second kappa shape index (κ2) is 5.17. The molecule has 0 amide bonds. The first-order valence-corrected chi connectivity index (χ1v) is 7.31. The Kier molecular flexibility index (Phi) is 3.76. The van der Waals surface area contributed by atoms with Crippen LogP contribution in [0.2, 0.25) is 0 Å². The second-order valence-electron chi connectivity index (χ2n) is 4.29. The summed E-state index contributed by atoms with van der Waals surface area (Å²) in [7, 11) is -2.16. The van der Waals surface area contributed by atoms with Crippen molar-refractivity contribution in [1.29, 1.82) is 0 Å². The molecule has 1 aromatic heterocycles. The number of carboxylic acid groups (broad SMARTS) is 1. The van der Waals surface area contributed by atoms with Crippen molar-refractivity contribution >= 4 is 21.8 Å². The zero-order chi connectivity index (χ0) is 14.0. The van der Waals surface area contributed by atoms with Crippen LogP contribution in [0.1, 0.15) is 23.2 Å². The fraction of sp³-hybridized carbons (Fsp3) is 0.600.